The Labute approximate surface area is 177 Å². The maximum atomic E-state index is 13.9. The van der Waals surface area contributed by atoms with Crippen LogP contribution in [0, 0.1) is 5.82 Å². The van der Waals surface area contributed by atoms with E-state index in [1.807, 2.05) is 24.3 Å². The fourth-order valence-electron chi connectivity index (χ4n) is 3.03. The molecule has 0 saturated carbocycles. The molecule has 0 radical (unpaired) electrons. The highest BCUT2D eigenvalue weighted by atomic mass is 32.2. The van der Waals surface area contributed by atoms with Crippen LogP contribution in [0.2, 0.25) is 0 Å². The molecular formula is C21H21FN4O3S. The Hall–Kier alpha value is -2.91. The van der Waals surface area contributed by atoms with Crippen molar-refractivity contribution in [2.75, 3.05) is 36.5 Å². The quantitative estimate of drug-likeness (QED) is 0.598. The van der Waals surface area contributed by atoms with E-state index in [-0.39, 0.29) is 22.6 Å². The van der Waals surface area contributed by atoms with Crippen molar-refractivity contribution in [3.63, 3.8) is 0 Å². The van der Waals surface area contributed by atoms with Gasteiger partial charge in [-0.3, -0.25) is 4.79 Å². The number of anilines is 2. The first kappa shape index (κ1) is 20.4. The molecule has 0 aliphatic carbocycles. The molecule has 1 fully saturated rings. The highest BCUT2D eigenvalue weighted by molar-refractivity contribution is 8.00. The highest BCUT2D eigenvalue weighted by Crippen LogP contribution is 2.28. The molecule has 1 N–H and O–H groups in total. The summed E-state index contributed by atoms with van der Waals surface area (Å²) in [4.78, 5) is 14.8. The minimum Gasteiger partial charge on any atom is -0.411 e. The minimum atomic E-state index is -0.474. The molecule has 1 aliphatic heterocycles. The van der Waals surface area contributed by atoms with Crippen molar-refractivity contribution in [3.8, 4) is 11.5 Å². The summed E-state index contributed by atoms with van der Waals surface area (Å²) in [6.45, 7) is 4.91. The Morgan fingerprint density at radius 2 is 1.87 bits per heavy atom. The Balaban J connectivity index is 1.34. The van der Waals surface area contributed by atoms with Gasteiger partial charge in [0.1, 0.15) is 5.82 Å². The molecule has 4 rings (SSSR count). The van der Waals surface area contributed by atoms with E-state index in [0.717, 1.165) is 43.8 Å². The molecule has 30 heavy (non-hydrogen) atoms. The molecule has 1 aliphatic rings. The number of rotatable bonds is 6. The van der Waals surface area contributed by atoms with Crippen molar-refractivity contribution in [1.82, 2.24) is 10.2 Å². The number of nitrogens with one attached hydrogen (secondary N) is 1. The smallest absolute Gasteiger partial charge is 0.277 e. The molecular weight excluding hydrogens is 407 g/mol. The molecule has 1 amide bonds. The molecule has 0 unspecified atom stereocenters. The summed E-state index contributed by atoms with van der Waals surface area (Å²) in [5.41, 5.74) is 2.04. The lowest BCUT2D eigenvalue weighted by molar-refractivity contribution is -0.115. The van der Waals surface area contributed by atoms with Crippen molar-refractivity contribution in [3.05, 3.63) is 54.3 Å². The van der Waals surface area contributed by atoms with Crippen LogP contribution in [0.1, 0.15) is 6.92 Å². The van der Waals surface area contributed by atoms with Crippen molar-refractivity contribution in [2.24, 2.45) is 0 Å². The molecule has 3 aromatic rings. The van der Waals surface area contributed by atoms with Crippen LogP contribution in [0.15, 0.2) is 58.2 Å². The van der Waals surface area contributed by atoms with E-state index in [2.05, 4.69) is 20.4 Å². The van der Waals surface area contributed by atoms with E-state index in [0.29, 0.717) is 5.69 Å². The lowest BCUT2D eigenvalue weighted by Gasteiger charge is -2.28. The van der Waals surface area contributed by atoms with Gasteiger partial charge in [-0.15, -0.1) is 10.2 Å². The third-order valence-electron chi connectivity index (χ3n) is 4.67. The van der Waals surface area contributed by atoms with Gasteiger partial charge in [0.05, 0.1) is 24.0 Å². The number of aromatic nitrogens is 2. The van der Waals surface area contributed by atoms with Gasteiger partial charge in [-0.25, -0.2) is 4.39 Å². The zero-order chi connectivity index (χ0) is 20.9. The fraction of sp³-hybridized carbons (Fsp3) is 0.286. The number of carbonyl (C=O) groups is 1. The molecule has 1 atom stereocenters. The number of ether oxygens (including phenoxy) is 1. The first-order valence-corrected chi connectivity index (χ1v) is 10.5. The normalized spacial score (nSPS) is 15.1. The van der Waals surface area contributed by atoms with Crippen LogP contribution in [0.3, 0.4) is 0 Å². The fourth-order valence-corrected chi connectivity index (χ4v) is 3.71. The standard InChI is InChI=1S/C21H21FN4O3S/c1-14(30-21-25-24-20(29-21)17-4-2-3-5-18(17)22)19(27)23-15-6-8-16(9-7-15)26-10-12-28-13-11-26/h2-9,14H,10-13H2,1H3,(H,23,27)/t14-/m0/s1. The second-order valence-electron chi connectivity index (χ2n) is 6.75. The highest BCUT2D eigenvalue weighted by Gasteiger charge is 2.20. The third-order valence-corrected chi connectivity index (χ3v) is 5.60. The van der Waals surface area contributed by atoms with Gasteiger partial charge in [0.25, 0.3) is 11.1 Å². The number of hydrogen-bond acceptors (Lipinski definition) is 7. The van der Waals surface area contributed by atoms with E-state index in [4.69, 9.17) is 9.15 Å². The van der Waals surface area contributed by atoms with Gasteiger partial charge in [0.15, 0.2) is 0 Å². The lowest BCUT2D eigenvalue weighted by atomic mass is 10.2. The zero-order valence-corrected chi connectivity index (χ0v) is 17.2. The van der Waals surface area contributed by atoms with Gasteiger partial charge in [0.2, 0.25) is 5.91 Å². The lowest BCUT2D eigenvalue weighted by Crippen LogP contribution is -2.36. The second kappa shape index (κ2) is 9.27. The van der Waals surface area contributed by atoms with Crippen molar-refractivity contribution in [2.45, 2.75) is 17.4 Å². The Morgan fingerprint density at radius 3 is 2.60 bits per heavy atom. The topological polar surface area (TPSA) is 80.5 Å². The molecule has 0 spiro atoms. The number of nitrogens with zero attached hydrogens (tertiary/aromatic N) is 3. The number of morpholine rings is 1. The molecule has 0 bridgehead atoms. The summed E-state index contributed by atoms with van der Waals surface area (Å²) in [5, 5.41) is 10.4. The largest absolute Gasteiger partial charge is 0.411 e. The van der Waals surface area contributed by atoms with Gasteiger partial charge in [0, 0.05) is 24.5 Å². The Morgan fingerprint density at radius 1 is 1.13 bits per heavy atom. The average Bonchev–Trinajstić information content (AvgIpc) is 3.23. The van der Waals surface area contributed by atoms with Crippen LogP contribution in [-0.2, 0) is 9.53 Å². The van der Waals surface area contributed by atoms with Gasteiger partial charge >= 0.3 is 0 Å². The molecule has 7 nitrogen and oxygen atoms in total. The number of halogens is 1. The molecule has 156 valence electrons. The Kier molecular flexibility index (Phi) is 6.29. The third kappa shape index (κ3) is 4.80. The van der Waals surface area contributed by atoms with Crippen LogP contribution in [-0.4, -0.2) is 47.7 Å². The first-order valence-electron chi connectivity index (χ1n) is 9.59. The molecule has 1 aromatic heterocycles. The summed E-state index contributed by atoms with van der Waals surface area (Å²) in [7, 11) is 0. The number of hydrogen-bond donors (Lipinski definition) is 1. The number of carbonyl (C=O) groups excluding carboxylic acids is 1. The van der Waals surface area contributed by atoms with Gasteiger partial charge in [-0.2, -0.15) is 0 Å². The number of amides is 1. The van der Waals surface area contributed by atoms with Crippen LogP contribution in [0.5, 0.6) is 0 Å². The maximum absolute atomic E-state index is 13.9. The molecule has 9 heteroatoms. The summed E-state index contributed by atoms with van der Waals surface area (Å²) >= 11 is 1.12. The first-order chi connectivity index (χ1) is 14.6. The summed E-state index contributed by atoms with van der Waals surface area (Å²) in [6, 6.07) is 13.9. The minimum absolute atomic E-state index is 0.0851. The van der Waals surface area contributed by atoms with Crippen LogP contribution in [0.25, 0.3) is 11.5 Å². The van der Waals surface area contributed by atoms with E-state index in [1.165, 1.54) is 6.07 Å². The van der Waals surface area contributed by atoms with Crippen molar-refractivity contribution < 1.29 is 18.3 Å². The van der Waals surface area contributed by atoms with Crippen molar-refractivity contribution >= 4 is 29.0 Å². The summed E-state index contributed by atoms with van der Waals surface area (Å²) < 4.78 is 24.7. The molecule has 2 heterocycles. The summed E-state index contributed by atoms with van der Waals surface area (Å²) in [6.07, 6.45) is 0. The van der Waals surface area contributed by atoms with Crippen molar-refractivity contribution in [1.29, 1.82) is 0 Å². The van der Waals surface area contributed by atoms with E-state index < -0.39 is 11.1 Å². The van der Waals surface area contributed by atoms with Crippen LogP contribution in [0.4, 0.5) is 15.8 Å². The number of thioether (sulfide) groups is 1. The maximum Gasteiger partial charge on any atom is 0.277 e. The summed E-state index contributed by atoms with van der Waals surface area (Å²) in [5.74, 6) is -0.546. The van der Waals surface area contributed by atoms with Gasteiger partial charge < -0.3 is 19.4 Å². The van der Waals surface area contributed by atoms with Gasteiger partial charge in [-0.05, 0) is 43.3 Å². The van der Waals surface area contributed by atoms with Crippen LogP contribution >= 0.6 is 11.8 Å². The SMILES string of the molecule is C[C@H](Sc1nnc(-c2ccccc2F)o1)C(=O)Nc1ccc(N2CCOCC2)cc1. The Bertz CT molecular complexity index is 1010. The predicted octanol–water partition coefficient (Wildman–Crippen LogP) is 3.83. The number of benzene rings is 2. The monoisotopic (exact) mass is 428 g/mol. The second-order valence-corrected chi connectivity index (χ2v) is 8.04. The van der Waals surface area contributed by atoms with E-state index in [9.17, 15) is 9.18 Å². The average molecular weight is 428 g/mol. The zero-order valence-electron chi connectivity index (χ0n) is 16.4. The van der Waals surface area contributed by atoms with E-state index >= 15 is 0 Å². The van der Waals surface area contributed by atoms with Crippen LogP contribution < -0.4 is 10.2 Å². The van der Waals surface area contributed by atoms with E-state index in [1.54, 1.807) is 25.1 Å². The predicted molar refractivity (Wildman–Crippen MR) is 113 cm³/mol. The molecule has 2 aromatic carbocycles. The van der Waals surface area contributed by atoms with Gasteiger partial charge in [-0.1, -0.05) is 23.9 Å². The molecule has 1 saturated heterocycles.